The van der Waals surface area contributed by atoms with Crippen LogP contribution in [0.3, 0.4) is 0 Å². The molecule has 70 valence electrons. The van der Waals surface area contributed by atoms with Gasteiger partial charge in [0.05, 0.1) is 7.11 Å². The molecule has 0 fully saturated rings. The summed E-state index contributed by atoms with van der Waals surface area (Å²) in [7, 11) is 3.39. The third-order valence-corrected chi connectivity index (χ3v) is 1.80. The van der Waals surface area contributed by atoms with E-state index in [0.29, 0.717) is 11.5 Å². The molecule has 1 aliphatic rings. The summed E-state index contributed by atoms with van der Waals surface area (Å²) in [6.07, 6.45) is 5.59. The minimum Gasteiger partial charge on any atom is -0.494 e. The van der Waals surface area contributed by atoms with Gasteiger partial charge in [-0.2, -0.15) is 0 Å². The van der Waals surface area contributed by atoms with Gasteiger partial charge in [-0.25, -0.2) is 0 Å². The van der Waals surface area contributed by atoms with E-state index in [9.17, 15) is 0 Å². The van der Waals surface area contributed by atoms with Gasteiger partial charge in [-0.15, -0.1) is 0 Å². The first-order valence-electron chi connectivity index (χ1n) is 4.09. The SMILES string of the molecule is CN/C=C1/C=C(C)C=C(OC)C1=N. The summed E-state index contributed by atoms with van der Waals surface area (Å²) in [6, 6.07) is 0. The molecule has 0 aliphatic heterocycles. The molecule has 3 nitrogen and oxygen atoms in total. The van der Waals surface area contributed by atoms with Crippen molar-refractivity contribution in [3.8, 4) is 0 Å². The summed E-state index contributed by atoms with van der Waals surface area (Å²) >= 11 is 0. The molecule has 0 amide bonds. The van der Waals surface area contributed by atoms with Gasteiger partial charge in [0.2, 0.25) is 0 Å². The summed E-state index contributed by atoms with van der Waals surface area (Å²) in [6.45, 7) is 1.98. The molecular weight excluding hydrogens is 164 g/mol. The second kappa shape index (κ2) is 3.94. The van der Waals surface area contributed by atoms with Gasteiger partial charge in [0, 0.05) is 18.8 Å². The molecule has 0 aromatic rings. The number of methoxy groups -OCH3 is 1. The van der Waals surface area contributed by atoms with Crippen molar-refractivity contribution < 1.29 is 4.74 Å². The van der Waals surface area contributed by atoms with E-state index >= 15 is 0 Å². The van der Waals surface area contributed by atoms with E-state index in [4.69, 9.17) is 10.1 Å². The lowest BCUT2D eigenvalue weighted by atomic mass is 10.0. The molecule has 0 saturated heterocycles. The van der Waals surface area contributed by atoms with Crippen molar-refractivity contribution >= 4 is 5.71 Å². The van der Waals surface area contributed by atoms with Crippen LogP contribution in [0.25, 0.3) is 0 Å². The number of hydrogen-bond acceptors (Lipinski definition) is 3. The van der Waals surface area contributed by atoms with E-state index in [2.05, 4.69) is 5.32 Å². The van der Waals surface area contributed by atoms with E-state index in [0.717, 1.165) is 11.1 Å². The van der Waals surface area contributed by atoms with Crippen LogP contribution in [0, 0.1) is 5.41 Å². The summed E-state index contributed by atoms with van der Waals surface area (Å²) in [5.74, 6) is 0.612. The van der Waals surface area contributed by atoms with Gasteiger partial charge < -0.3 is 10.1 Å². The average Bonchev–Trinajstić information content (AvgIpc) is 2.11. The van der Waals surface area contributed by atoms with Crippen molar-refractivity contribution in [2.45, 2.75) is 6.92 Å². The Morgan fingerprint density at radius 3 is 2.69 bits per heavy atom. The van der Waals surface area contributed by atoms with E-state index in [1.165, 1.54) is 0 Å². The van der Waals surface area contributed by atoms with E-state index in [1.807, 2.05) is 26.1 Å². The van der Waals surface area contributed by atoms with Crippen molar-refractivity contribution in [3.63, 3.8) is 0 Å². The number of rotatable bonds is 2. The van der Waals surface area contributed by atoms with Gasteiger partial charge in [0.1, 0.15) is 11.5 Å². The lowest BCUT2D eigenvalue weighted by Crippen LogP contribution is -2.12. The molecule has 3 heteroatoms. The number of ether oxygens (including phenoxy) is 1. The fourth-order valence-electron chi connectivity index (χ4n) is 1.21. The predicted molar refractivity (Wildman–Crippen MR) is 53.7 cm³/mol. The average molecular weight is 178 g/mol. The zero-order chi connectivity index (χ0) is 9.84. The molecule has 0 spiro atoms. The predicted octanol–water partition coefficient (Wildman–Crippen LogP) is 1.60. The first-order chi connectivity index (χ1) is 6.19. The van der Waals surface area contributed by atoms with Crippen LogP contribution >= 0.6 is 0 Å². The first-order valence-corrected chi connectivity index (χ1v) is 4.09. The minimum absolute atomic E-state index is 0.419. The maximum atomic E-state index is 7.75. The number of hydrogen-bond donors (Lipinski definition) is 2. The molecule has 0 saturated carbocycles. The molecule has 0 unspecified atom stereocenters. The van der Waals surface area contributed by atoms with Crippen LogP contribution < -0.4 is 5.32 Å². The Morgan fingerprint density at radius 1 is 1.46 bits per heavy atom. The standard InChI is InChI=1S/C10H14N2O/c1-7-4-8(6-12-2)10(11)9(5-7)13-3/h4-6,11-12H,1-3H3/b8-6-,11-10?. The highest BCUT2D eigenvalue weighted by molar-refractivity contribution is 6.12. The van der Waals surface area contributed by atoms with Crippen molar-refractivity contribution in [2.75, 3.05) is 14.2 Å². The first kappa shape index (κ1) is 9.58. The molecule has 0 radical (unpaired) electrons. The summed E-state index contributed by atoms with van der Waals surface area (Å²) < 4.78 is 5.08. The third kappa shape index (κ3) is 1.99. The Bertz CT molecular complexity index is 311. The summed E-state index contributed by atoms with van der Waals surface area (Å²) in [5, 5.41) is 10.7. The van der Waals surface area contributed by atoms with Gasteiger partial charge in [0.15, 0.2) is 0 Å². The number of allylic oxidation sites excluding steroid dienone is 4. The van der Waals surface area contributed by atoms with Gasteiger partial charge in [0.25, 0.3) is 0 Å². The number of nitrogens with one attached hydrogen (secondary N) is 2. The Balaban J connectivity index is 3.02. The molecule has 0 atom stereocenters. The second-order valence-corrected chi connectivity index (χ2v) is 2.86. The summed E-state index contributed by atoms with van der Waals surface area (Å²) in [4.78, 5) is 0. The summed E-state index contributed by atoms with van der Waals surface area (Å²) in [5.41, 5.74) is 2.36. The molecular formula is C10H14N2O. The van der Waals surface area contributed by atoms with Gasteiger partial charge in [-0.3, -0.25) is 5.41 Å². The van der Waals surface area contributed by atoms with E-state index in [1.54, 1.807) is 13.3 Å². The molecule has 13 heavy (non-hydrogen) atoms. The van der Waals surface area contributed by atoms with Crippen molar-refractivity contribution in [1.29, 1.82) is 5.41 Å². The van der Waals surface area contributed by atoms with Crippen LogP contribution in [0.1, 0.15) is 6.92 Å². The van der Waals surface area contributed by atoms with Crippen LogP contribution in [0.5, 0.6) is 0 Å². The fourth-order valence-corrected chi connectivity index (χ4v) is 1.21. The molecule has 2 N–H and O–H groups in total. The van der Waals surface area contributed by atoms with Crippen LogP contribution in [0.15, 0.2) is 35.3 Å². The molecule has 0 aromatic heterocycles. The normalized spacial score (nSPS) is 19.6. The third-order valence-electron chi connectivity index (χ3n) is 1.80. The zero-order valence-corrected chi connectivity index (χ0v) is 8.14. The molecule has 0 bridgehead atoms. The zero-order valence-electron chi connectivity index (χ0n) is 8.14. The fraction of sp³-hybridized carbons (Fsp3) is 0.300. The van der Waals surface area contributed by atoms with Crippen molar-refractivity contribution in [3.05, 3.63) is 35.3 Å². The molecule has 1 aliphatic carbocycles. The lowest BCUT2D eigenvalue weighted by Gasteiger charge is -2.14. The molecule has 0 aromatic carbocycles. The Hall–Kier alpha value is -1.51. The largest absolute Gasteiger partial charge is 0.494 e. The Kier molecular flexibility index (Phi) is 2.90. The highest BCUT2D eigenvalue weighted by atomic mass is 16.5. The van der Waals surface area contributed by atoms with E-state index in [-0.39, 0.29) is 0 Å². The van der Waals surface area contributed by atoms with E-state index < -0.39 is 0 Å². The van der Waals surface area contributed by atoms with Gasteiger partial charge in [-0.05, 0) is 24.6 Å². The lowest BCUT2D eigenvalue weighted by molar-refractivity contribution is 0.314. The Labute approximate surface area is 78.3 Å². The maximum absolute atomic E-state index is 7.75. The smallest absolute Gasteiger partial charge is 0.144 e. The Morgan fingerprint density at radius 2 is 2.15 bits per heavy atom. The molecule has 1 rings (SSSR count). The van der Waals surface area contributed by atoms with Gasteiger partial charge >= 0.3 is 0 Å². The van der Waals surface area contributed by atoms with Gasteiger partial charge in [-0.1, -0.05) is 0 Å². The van der Waals surface area contributed by atoms with Crippen molar-refractivity contribution in [1.82, 2.24) is 5.32 Å². The maximum Gasteiger partial charge on any atom is 0.144 e. The monoisotopic (exact) mass is 178 g/mol. The quantitative estimate of drug-likeness (QED) is 0.674. The van der Waals surface area contributed by atoms with Crippen LogP contribution in [0.2, 0.25) is 0 Å². The molecule has 0 heterocycles. The second-order valence-electron chi connectivity index (χ2n) is 2.86. The highest BCUT2D eigenvalue weighted by Gasteiger charge is 2.13. The van der Waals surface area contributed by atoms with Crippen LogP contribution in [0.4, 0.5) is 0 Å². The highest BCUT2D eigenvalue weighted by Crippen LogP contribution is 2.18. The van der Waals surface area contributed by atoms with Crippen LogP contribution in [-0.4, -0.2) is 19.9 Å². The minimum atomic E-state index is 0.419. The van der Waals surface area contributed by atoms with Crippen LogP contribution in [-0.2, 0) is 4.74 Å². The topological polar surface area (TPSA) is 45.1 Å². The van der Waals surface area contributed by atoms with Crippen molar-refractivity contribution in [2.24, 2.45) is 0 Å².